The van der Waals surface area contributed by atoms with Gasteiger partial charge >= 0.3 is 0 Å². The number of rotatable bonds is 2. The molecule has 0 spiro atoms. The maximum absolute atomic E-state index is 12.4. The Morgan fingerprint density at radius 2 is 2.00 bits per heavy atom. The average Bonchev–Trinajstić information content (AvgIpc) is 2.72. The third-order valence-electron chi connectivity index (χ3n) is 3.93. The van der Waals surface area contributed by atoms with Crippen molar-refractivity contribution < 1.29 is 14.6 Å². The number of aliphatic hydroxyl groups is 1. The molecule has 2 heterocycles. The summed E-state index contributed by atoms with van der Waals surface area (Å²) < 4.78 is 5.11. The second-order valence-electron chi connectivity index (χ2n) is 5.00. The van der Waals surface area contributed by atoms with Crippen LogP contribution in [0.25, 0.3) is 5.57 Å². The zero-order valence-corrected chi connectivity index (χ0v) is 10.9. The Balaban J connectivity index is 1.98. The summed E-state index contributed by atoms with van der Waals surface area (Å²) in [5, 5.41) is 10.3. The normalized spacial score (nSPS) is 22.7. The number of carbonyl (C=O) groups excluding carboxylic acids is 1. The number of fused-ring (bicyclic) bond motifs is 1. The lowest BCUT2D eigenvalue weighted by molar-refractivity contribution is -0.126. The molecule has 1 unspecified atom stereocenters. The number of ether oxygens (including phenoxy) is 1. The van der Waals surface area contributed by atoms with Crippen LogP contribution < -0.4 is 4.74 Å². The van der Waals surface area contributed by atoms with Gasteiger partial charge in [0.25, 0.3) is 5.91 Å². The number of piperidine rings is 1. The molecular formula is C15H17NO3. The third kappa shape index (κ3) is 1.87. The smallest absolute Gasteiger partial charge is 0.258 e. The number of nitrogens with zero attached hydrogens (tertiary/aromatic N) is 1. The molecule has 0 bridgehead atoms. The highest BCUT2D eigenvalue weighted by atomic mass is 16.5. The van der Waals surface area contributed by atoms with E-state index >= 15 is 0 Å². The fraction of sp³-hybridized carbons (Fsp3) is 0.400. The summed E-state index contributed by atoms with van der Waals surface area (Å²) >= 11 is 0. The predicted molar refractivity (Wildman–Crippen MR) is 71.9 cm³/mol. The second-order valence-corrected chi connectivity index (χ2v) is 5.00. The van der Waals surface area contributed by atoms with Crippen LogP contribution in [0.2, 0.25) is 0 Å². The summed E-state index contributed by atoms with van der Waals surface area (Å²) in [5.41, 5.74) is 1.22. The highest BCUT2D eigenvalue weighted by molar-refractivity contribution is 6.22. The lowest BCUT2D eigenvalue weighted by atomic mass is 10.0. The first-order valence-electron chi connectivity index (χ1n) is 6.61. The van der Waals surface area contributed by atoms with E-state index in [1.54, 1.807) is 24.1 Å². The van der Waals surface area contributed by atoms with E-state index in [2.05, 4.69) is 0 Å². The van der Waals surface area contributed by atoms with E-state index < -0.39 is 0 Å². The van der Waals surface area contributed by atoms with Crippen molar-refractivity contribution in [3.8, 4) is 5.75 Å². The molecule has 1 aromatic carbocycles. The summed E-state index contributed by atoms with van der Waals surface area (Å²) in [7, 11) is 1.60. The van der Waals surface area contributed by atoms with Crippen LogP contribution >= 0.6 is 0 Å². The number of carbonyl (C=O) groups is 1. The van der Waals surface area contributed by atoms with Crippen LogP contribution in [-0.4, -0.2) is 35.6 Å². The SMILES string of the molecule is COc1ccc(C2=C(O)C3CCCCN3C2=O)cc1. The first kappa shape index (κ1) is 12.1. The van der Waals surface area contributed by atoms with Gasteiger partial charge in [0.1, 0.15) is 11.5 Å². The minimum Gasteiger partial charge on any atom is -0.509 e. The molecule has 2 aliphatic heterocycles. The van der Waals surface area contributed by atoms with E-state index in [0.717, 1.165) is 37.1 Å². The van der Waals surface area contributed by atoms with E-state index in [-0.39, 0.29) is 17.7 Å². The third-order valence-corrected chi connectivity index (χ3v) is 3.93. The van der Waals surface area contributed by atoms with Gasteiger partial charge in [-0.3, -0.25) is 4.79 Å². The van der Waals surface area contributed by atoms with Crippen molar-refractivity contribution in [1.29, 1.82) is 0 Å². The molecular weight excluding hydrogens is 242 g/mol. The lowest BCUT2D eigenvalue weighted by Gasteiger charge is -2.29. The fourth-order valence-electron chi connectivity index (χ4n) is 2.91. The van der Waals surface area contributed by atoms with Gasteiger partial charge in [-0.25, -0.2) is 0 Å². The highest BCUT2D eigenvalue weighted by Crippen LogP contribution is 2.36. The van der Waals surface area contributed by atoms with E-state index in [1.807, 2.05) is 12.1 Å². The maximum Gasteiger partial charge on any atom is 0.258 e. The van der Waals surface area contributed by atoms with Crippen molar-refractivity contribution in [1.82, 2.24) is 4.90 Å². The highest BCUT2D eigenvalue weighted by Gasteiger charge is 2.40. The Bertz CT molecular complexity index is 533. The Morgan fingerprint density at radius 1 is 1.26 bits per heavy atom. The zero-order chi connectivity index (χ0) is 13.4. The molecule has 1 N–H and O–H groups in total. The molecule has 0 saturated carbocycles. The topological polar surface area (TPSA) is 49.8 Å². The summed E-state index contributed by atoms with van der Waals surface area (Å²) in [4.78, 5) is 14.2. The van der Waals surface area contributed by atoms with Crippen molar-refractivity contribution in [3.05, 3.63) is 35.6 Å². The standard InChI is InChI=1S/C15H17NO3/c1-19-11-7-5-10(6-8-11)13-14(17)12-4-2-3-9-16(12)15(13)18/h5-8,12,17H,2-4,9H2,1H3. The zero-order valence-electron chi connectivity index (χ0n) is 10.9. The Morgan fingerprint density at radius 3 is 2.63 bits per heavy atom. The monoisotopic (exact) mass is 259 g/mol. The Labute approximate surface area is 112 Å². The molecule has 0 radical (unpaired) electrons. The number of hydrogen-bond acceptors (Lipinski definition) is 3. The summed E-state index contributed by atoms with van der Waals surface area (Å²) in [6, 6.07) is 7.14. The van der Waals surface area contributed by atoms with Crippen LogP contribution in [-0.2, 0) is 4.79 Å². The van der Waals surface area contributed by atoms with Crippen molar-refractivity contribution in [3.63, 3.8) is 0 Å². The molecule has 2 aliphatic rings. The average molecular weight is 259 g/mol. The van der Waals surface area contributed by atoms with Crippen LogP contribution in [0.3, 0.4) is 0 Å². The number of hydrogen-bond donors (Lipinski definition) is 1. The lowest BCUT2D eigenvalue weighted by Crippen LogP contribution is -2.39. The summed E-state index contributed by atoms with van der Waals surface area (Å²) in [6.07, 6.45) is 2.94. The molecule has 4 heteroatoms. The van der Waals surface area contributed by atoms with Crippen LogP contribution in [0.5, 0.6) is 5.75 Å². The predicted octanol–water partition coefficient (Wildman–Crippen LogP) is 2.36. The van der Waals surface area contributed by atoms with Gasteiger partial charge in [0.2, 0.25) is 0 Å². The molecule has 19 heavy (non-hydrogen) atoms. The minimum absolute atomic E-state index is 0.0487. The van der Waals surface area contributed by atoms with E-state index in [0.29, 0.717) is 5.57 Å². The number of amides is 1. The van der Waals surface area contributed by atoms with Gasteiger partial charge in [0.05, 0.1) is 18.7 Å². The molecule has 1 amide bonds. The first-order chi connectivity index (χ1) is 9.22. The summed E-state index contributed by atoms with van der Waals surface area (Å²) in [5.74, 6) is 0.925. The molecule has 1 aromatic rings. The molecule has 1 saturated heterocycles. The largest absolute Gasteiger partial charge is 0.509 e. The molecule has 4 nitrogen and oxygen atoms in total. The first-order valence-corrected chi connectivity index (χ1v) is 6.61. The fourth-order valence-corrected chi connectivity index (χ4v) is 2.91. The van der Waals surface area contributed by atoms with Crippen LogP contribution in [0.1, 0.15) is 24.8 Å². The van der Waals surface area contributed by atoms with Gasteiger partial charge in [-0.15, -0.1) is 0 Å². The minimum atomic E-state index is -0.113. The van der Waals surface area contributed by atoms with Gasteiger partial charge in [-0.05, 0) is 37.0 Å². The molecule has 3 rings (SSSR count). The summed E-state index contributed by atoms with van der Waals surface area (Å²) in [6.45, 7) is 0.743. The van der Waals surface area contributed by atoms with Gasteiger partial charge in [-0.2, -0.15) is 0 Å². The number of benzene rings is 1. The van der Waals surface area contributed by atoms with Gasteiger partial charge in [-0.1, -0.05) is 12.1 Å². The van der Waals surface area contributed by atoms with Gasteiger partial charge in [0, 0.05) is 6.54 Å². The maximum atomic E-state index is 12.4. The number of methoxy groups -OCH3 is 1. The van der Waals surface area contributed by atoms with Crippen molar-refractivity contribution in [2.24, 2.45) is 0 Å². The Hall–Kier alpha value is -1.97. The van der Waals surface area contributed by atoms with Crippen LogP contribution in [0.15, 0.2) is 30.0 Å². The molecule has 0 aliphatic carbocycles. The second kappa shape index (κ2) is 4.61. The van der Waals surface area contributed by atoms with Crippen LogP contribution in [0, 0.1) is 0 Å². The van der Waals surface area contributed by atoms with E-state index in [1.165, 1.54) is 0 Å². The van der Waals surface area contributed by atoms with E-state index in [4.69, 9.17) is 4.74 Å². The quantitative estimate of drug-likeness (QED) is 0.887. The van der Waals surface area contributed by atoms with Crippen molar-refractivity contribution in [2.45, 2.75) is 25.3 Å². The van der Waals surface area contributed by atoms with E-state index in [9.17, 15) is 9.90 Å². The van der Waals surface area contributed by atoms with Crippen molar-refractivity contribution >= 4 is 11.5 Å². The Kier molecular flexibility index (Phi) is 2.93. The molecule has 1 fully saturated rings. The van der Waals surface area contributed by atoms with Crippen LogP contribution in [0.4, 0.5) is 0 Å². The van der Waals surface area contributed by atoms with Gasteiger partial charge in [0.15, 0.2) is 0 Å². The molecule has 0 aromatic heterocycles. The van der Waals surface area contributed by atoms with Crippen molar-refractivity contribution in [2.75, 3.05) is 13.7 Å². The van der Waals surface area contributed by atoms with Gasteiger partial charge < -0.3 is 14.7 Å². The number of aliphatic hydroxyl groups excluding tert-OH is 1. The molecule has 1 atom stereocenters. The molecule has 100 valence electrons.